The summed E-state index contributed by atoms with van der Waals surface area (Å²) in [6.07, 6.45) is 0.349. The smallest absolute Gasteiger partial charge is 0.261 e. The molecule has 0 aromatic heterocycles. The van der Waals surface area contributed by atoms with E-state index in [1.807, 2.05) is 0 Å². The fourth-order valence-electron chi connectivity index (χ4n) is 2.68. The zero-order valence-electron chi connectivity index (χ0n) is 17.5. The van der Waals surface area contributed by atoms with Crippen molar-refractivity contribution in [3.8, 4) is 17.6 Å². The topological polar surface area (TPSA) is 134 Å². The number of rotatable bonds is 11. The standard InChI is InChI=1S/C22H25N3O6S/c1-2-3-16-31-18-11-13-19(14-12-18)32(29,30)25-20(22(27)24-28)10-7-15-23-21(26)17-8-5-4-6-9-17/h4-6,8-9,11-14,20,25,28H,7,10,15-16H2,1H3,(H,23,26)(H,24,27). The Morgan fingerprint density at radius 1 is 1.09 bits per heavy atom. The molecule has 0 saturated heterocycles. The van der Waals surface area contributed by atoms with Crippen molar-refractivity contribution in [1.82, 2.24) is 15.5 Å². The Morgan fingerprint density at radius 3 is 2.41 bits per heavy atom. The van der Waals surface area contributed by atoms with Gasteiger partial charge in [0.1, 0.15) is 18.4 Å². The van der Waals surface area contributed by atoms with Crippen molar-refractivity contribution < 1.29 is 28.0 Å². The van der Waals surface area contributed by atoms with Gasteiger partial charge < -0.3 is 10.1 Å². The second-order valence-corrected chi connectivity index (χ2v) is 8.31. The fourth-order valence-corrected chi connectivity index (χ4v) is 3.91. The summed E-state index contributed by atoms with van der Waals surface area (Å²) < 4.78 is 32.9. The second kappa shape index (κ2) is 12.5. The molecular weight excluding hydrogens is 434 g/mol. The molecule has 0 heterocycles. The molecule has 2 aromatic rings. The number of nitrogens with one attached hydrogen (secondary N) is 3. The average Bonchev–Trinajstić information content (AvgIpc) is 2.81. The number of amides is 2. The van der Waals surface area contributed by atoms with E-state index in [9.17, 15) is 18.0 Å². The van der Waals surface area contributed by atoms with Crippen LogP contribution in [0.3, 0.4) is 0 Å². The van der Waals surface area contributed by atoms with Crippen LogP contribution in [-0.2, 0) is 14.8 Å². The molecule has 0 bridgehead atoms. The van der Waals surface area contributed by atoms with Crippen LogP contribution in [0, 0.1) is 11.8 Å². The molecule has 2 amide bonds. The van der Waals surface area contributed by atoms with Crippen molar-refractivity contribution in [2.75, 3.05) is 13.2 Å². The predicted molar refractivity (Wildman–Crippen MR) is 117 cm³/mol. The highest BCUT2D eigenvalue weighted by Crippen LogP contribution is 2.16. The minimum absolute atomic E-state index is 0.0531. The van der Waals surface area contributed by atoms with Crippen LogP contribution in [0.5, 0.6) is 5.75 Å². The van der Waals surface area contributed by atoms with Crippen LogP contribution in [0.15, 0.2) is 59.5 Å². The molecule has 0 fully saturated rings. The molecular formula is C22H25N3O6S. The summed E-state index contributed by atoms with van der Waals surface area (Å²) in [6.45, 7) is 2.08. The van der Waals surface area contributed by atoms with Gasteiger partial charge in [-0.2, -0.15) is 4.72 Å². The SMILES string of the molecule is CC#CCOc1ccc(S(=O)(=O)NC(CCCNC(=O)c2ccccc2)C(=O)NO)cc1. The number of hydroxylamine groups is 1. The lowest BCUT2D eigenvalue weighted by Gasteiger charge is -2.17. The highest BCUT2D eigenvalue weighted by molar-refractivity contribution is 7.89. The van der Waals surface area contributed by atoms with Gasteiger partial charge >= 0.3 is 0 Å². The van der Waals surface area contributed by atoms with E-state index in [1.165, 1.54) is 29.7 Å². The van der Waals surface area contributed by atoms with Crippen LogP contribution in [0.2, 0.25) is 0 Å². The van der Waals surface area contributed by atoms with E-state index in [-0.39, 0.29) is 30.4 Å². The van der Waals surface area contributed by atoms with Crippen LogP contribution < -0.4 is 20.3 Å². The quantitative estimate of drug-likeness (QED) is 0.174. The largest absolute Gasteiger partial charge is 0.481 e. The Labute approximate surface area is 187 Å². The maximum atomic E-state index is 12.7. The van der Waals surface area contributed by atoms with Gasteiger partial charge in [-0.1, -0.05) is 24.1 Å². The van der Waals surface area contributed by atoms with Gasteiger partial charge in [0.05, 0.1) is 4.90 Å². The average molecular weight is 460 g/mol. The highest BCUT2D eigenvalue weighted by Gasteiger charge is 2.25. The Hall–Kier alpha value is -3.39. The van der Waals surface area contributed by atoms with E-state index < -0.39 is 22.0 Å². The molecule has 1 atom stereocenters. The van der Waals surface area contributed by atoms with Gasteiger partial charge in [-0.25, -0.2) is 13.9 Å². The van der Waals surface area contributed by atoms with Crippen LogP contribution >= 0.6 is 0 Å². The van der Waals surface area contributed by atoms with Gasteiger partial charge in [0.15, 0.2) is 0 Å². The molecule has 0 spiro atoms. The van der Waals surface area contributed by atoms with Crippen molar-refractivity contribution in [3.63, 3.8) is 0 Å². The fraction of sp³-hybridized carbons (Fsp3) is 0.273. The number of hydrogen-bond acceptors (Lipinski definition) is 6. The summed E-state index contributed by atoms with van der Waals surface area (Å²) >= 11 is 0. The maximum absolute atomic E-state index is 12.7. The molecule has 0 aliphatic heterocycles. The van der Waals surface area contributed by atoms with E-state index >= 15 is 0 Å². The van der Waals surface area contributed by atoms with Crippen molar-refractivity contribution in [2.45, 2.75) is 30.7 Å². The van der Waals surface area contributed by atoms with E-state index in [1.54, 1.807) is 37.3 Å². The van der Waals surface area contributed by atoms with Gasteiger partial charge in [0.2, 0.25) is 10.0 Å². The molecule has 0 aliphatic carbocycles. The number of ether oxygens (including phenoxy) is 1. The molecule has 0 radical (unpaired) electrons. The maximum Gasteiger partial charge on any atom is 0.261 e. The zero-order chi connectivity index (χ0) is 23.4. The Balaban J connectivity index is 1.94. The van der Waals surface area contributed by atoms with Crippen molar-refractivity contribution in [3.05, 3.63) is 60.2 Å². The molecule has 0 aliphatic rings. The minimum Gasteiger partial charge on any atom is -0.481 e. The highest BCUT2D eigenvalue weighted by atomic mass is 32.2. The van der Waals surface area contributed by atoms with Gasteiger partial charge in [-0.05, 0) is 56.2 Å². The van der Waals surface area contributed by atoms with Crippen LogP contribution in [-0.4, -0.2) is 44.6 Å². The summed E-state index contributed by atoms with van der Waals surface area (Å²) in [7, 11) is -4.05. The molecule has 2 rings (SSSR count). The molecule has 0 saturated carbocycles. The monoisotopic (exact) mass is 459 g/mol. The first-order chi connectivity index (χ1) is 15.4. The van der Waals surface area contributed by atoms with Crippen LogP contribution in [0.4, 0.5) is 0 Å². The minimum atomic E-state index is -4.05. The number of benzene rings is 2. The molecule has 170 valence electrons. The third kappa shape index (κ3) is 7.70. The summed E-state index contributed by atoms with van der Waals surface area (Å²) in [5.74, 6) is 4.69. The summed E-state index contributed by atoms with van der Waals surface area (Å²) in [4.78, 5) is 23.9. The van der Waals surface area contributed by atoms with Gasteiger partial charge in [-0.3, -0.25) is 14.8 Å². The van der Waals surface area contributed by atoms with Gasteiger partial charge in [0.25, 0.3) is 11.8 Å². The normalized spacial score (nSPS) is 11.6. The lowest BCUT2D eigenvalue weighted by Crippen LogP contribution is -2.46. The molecule has 1 unspecified atom stereocenters. The Kier molecular flexibility index (Phi) is 9.69. The van der Waals surface area contributed by atoms with Gasteiger partial charge in [-0.15, -0.1) is 5.92 Å². The number of sulfonamides is 1. The molecule has 9 nitrogen and oxygen atoms in total. The van der Waals surface area contributed by atoms with E-state index in [0.717, 1.165) is 0 Å². The third-order valence-corrected chi connectivity index (χ3v) is 5.82. The second-order valence-electron chi connectivity index (χ2n) is 6.60. The first kappa shape index (κ1) is 24.9. The van der Waals surface area contributed by atoms with E-state index in [2.05, 4.69) is 21.9 Å². The lowest BCUT2D eigenvalue weighted by atomic mass is 10.1. The van der Waals surface area contributed by atoms with E-state index in [4.69, 9.17) is 9.94 Å². The number of carbonyl (C=O) groups excluding carboxylic acids is 2. The molecule has 10 heteroatoms. The Bertz CT molecular complexity index is 1060. The molecule has 32 heavy (non-hydrogen) atoms. The number of hydrogen-bond donors (Lipinski definition) is 4. The summed E-state index contributed by atoms with van der Waals surface area (Å²) in [5.41, 5.74) is 1.96. The predicted octanol–water partition coefficient (Wildman–Crippen LogP) is 1.45. The Morgan fingerprint density at radius 2 is 1.78 bits per heavy atom. The molecule has 4 N–H and O–H groups in total. The van der Waals surface area contributed by atoms with Crippen LogP contribution in [0.25, 0.3) is 0 Å². The molecule has 2 aromatic carbocycles. The van der Waals surface area contributed by atoms with Crippen LogP contribution in [0.1, 0.15) is 30.1 Å². The van der Waals surface area contributed by atoms with Crippen molar-refractivity contribution >= 4 is 21.8 Å². The summed E-state index contributed by atoms with van der Waals surface area (Å²) in [6, 6.07) is 13.0. The van der Waals surface area contributed by atoms with Crippen molar-refractivity contribution in [1.29, 1.82) is 0 Å². The lowest BCUT2D eigenvalue weighted by molar-refractivity contribution is -0.131. The number of carbonyl (C=O) groups is 2. The first-order valence-corrected chi connectivity index (χ1v) is 11.3. The third-order valence-electron chi connectivity index (χ3n) is 4.34. The zero-order valence-corrected chi connectivity index (χ0v) is 18.3. The van der Waals surface area contributed by atoms with Gasteiger partial charge in [0, 0.05) is 12.1 Å². The van der Waals surface area contributed by atoms with Crippen molar-refractivity contribution in [2.24, 2.45) is 0 Å². The van der Waals surface area contributed by atoms with E-state index in [0.29, 0.717) is 17.7 Å². The summed E-state index contributed by atoms with van der Waals surface area (Å²) in [5, 5.41) is 11.7. The first-order valence-electron chi connectivity index (χ1n) is 9.79.